The van der Waals surface area contributed by atoms with Gasteiger partial charge in [0.15, 0.2) is 11.8 Å². The predicted octanol–water partition coefficient (Wildman–Crippen LogP) is 2.69. The Morgan fingerprint density at radius 1 is 1.16 bits per heavy atom. The average molecular weight is 553 g/mol. The van der Waals surface area contributed by atoms with Gasteiger partial charge < -0.3 is 15.4 Å². The summed E-state index contributed by atoms with van der Waals surface area (Å²) in [6.45, 7) is 4.74. The first kappa shape index (κ1) is 23.6. The van der Waals surface area contributed by atoms with Crippen molar-refractivity contribution in [2.75, 3.05) is 39.9 Å². The molecule has 10 heteroatoms. The molecule has 1 fully saturated rings. The molecule has 1 aliphatic rings. The number of aromatic nitrogens is 3. The van der Waals surface area contributed by atoms with Gasteiger partial charge in [-0.15, -0.1) is 45.5 Å². The van der Waals surface area contributed by atoms with E-state index in [1.165, 1.54) is 4.88 Å². The van der Waals surface area contributed by atoms with Gasteiger partial charge in [0.2, 0.25) is 0 Å². The molecule has 1 aliphatic heterocycles. The molecule has 0 amide bonds. The van der Waals surface area contributed by atoms with E-state index in [-0.39, 0.29) is 24.0 Å². The number of halogens is 1. The lowest BCUT2D eigenvalue weighted by molar-refractivity contribution is 0.0177. The van der Waals surface area contributed by atoms with Gasteiger partial charge in [0, 0.05) is 37.2 Å². The molecule has 2 N–H and O–H groups in total. The summed E-state index contributed by atoms with van der Waals surface area (Å²) in [4.78, 5) is 8.21. The van der Waals surface area contributed by atoms with Gasteiger partial charge >= 0.3 is 0 Å². The van der Waals surface area contributed by atoms with E-state index in [1.807, 2.05) is 34.9 Å². The SMILES string of the molecule is CN=C(NCc1nncn1-c1ccccc1)NCC(c1cccs1)N1CCOCC1.I. The lowest BCUT2D eigenvalue weighted by Crippen LogP contribution is -2.46. The number of guanidine groups is 1. The van der Waals surface area contributed by atoms with Crippen LogP contribution in [0.4, 0.5) is 0 Å². The van der Waals surface area contributed by atoms with Crippen LogP contribution in [0.1, 0.15) is 16.7 Å². The molecule has 31 heavy (non-hydrogen) atoms. The van der Waals surface area contributed by atoms with Crippen molar-refractivity contribution in [2.45, 2.75) is 12.6 Å². The summed E-state index contributed by atoms with van der Waals surface area (Å²) in [5.74, 6) is 1.57. The maximum absolute atomic E-state index is 5.53. The van der Waals surface area contributed by atoms with E-state index in [0.29, 0.717) is 12.6 Å². The number of nitrogens with zero attached hydrogens (tertiary/aromatic N) is 5. The number of morpholine rings is 1. The molecule has 0 radical (unpaired) electrons. The Morgan fingerprint density at radius 2 is 1.97 bits per heavy atom. The van der Waals surface area contributed by atoms with E-state index in [9.17, 15) is 0 Å². The molecule has 166 valence electrons. The normalized spacial score (nSPS) is 15.8. The zero-order valence-electron chi connectivity index (χ0n) is 17.5. The fourth-order valence-corrected chi connectivity index (χ4v) is 4.40. The van der Waals surface area contributed by atoms with Crippen molar-refractivity contribution in [2.24, 2.45) is 4.99 Å². The van der Waals surface area contributed by atoms with Crippen molar-refractivity contribution in [1.82, 2.24) is 30.3 Å². The Morgan fingerprint density at radius 3 is 2.68 bits per heavy atom. The van der Waals surface area contributed by atoms with Crippen molar-refractivity contribution >= 4 is 41.3 Å². The molecule has 1 atom stereocenters. The number of benzene rings is 1. The quantitative estimate of drug-likeness (QED) is 0.266. The second-order valence-electron chi connectivity index (χ2n) is 6.94. The Kier molecular flexibility index (Phi) is 9.25. The number of ether oxygens (including phenoxy) is 1. The van der Waals surface area contributed by atoms with Gasteiger partial charge in [0.1, 0.15) is 6.33 Å². The van der Waals surface area contributed by atoms with Gasteiger partial charge in [0.05, 0.1) is 25.8 Å². The molecule has 0 bridgehead atoms. The Bertz CT molecular complexity index is 926. The lowest BCUT2D eigenvalue weighted by Gasteiger charge is -2.34. The van der Waals surface area contributed by atoms with Crippen LogP contribution in [0.15, 0.2) is 59.2 Å². The van der Waals surface area contributed by atoms with Crippen molar-refractivity contribution in [3.8, 4) is 5.69 Å². The molecule has 3 heterocycles. The molecule has 4 rings (SSSR count). The highest BCUT2D eigenvalue weighted by Gasteiger charge is 2.23. The van der Waals surface area contributed by atoms with Crippen LogP contribution in [0.2, 0.25) is 0 Å². The Labute approximate surface area is 203 Å². The summed E-state index contributed by atoms with van der Waals surface area (Å²) < 4.78 is 7.51. The number of hydrogen-bond donors (Lipinski definition) is 2. The van der Waals surface area contributed by atoms with Crippen LogP contribution in [-0.2, 0) is 11.3 Å². The summed E-state index contributed by atoms with van der Waals surface area (Å²) in [7, 11) is 1.78. The van der Waals surface area contributed by atoms with Crippen LogP contribution in [-0.4, -0.2) is 65.5 Å². The number of thiophene rings is 1. The smallest absolute Gasteiger partial charge is 0.191 e. The van der Waals surface area contributed by atoms with Gasteiger partial charge in [-0.25, -0.2) is 0 Å². The Hall–Kier alpha value is -2.02. The summed E-state index contributed by atoms with van der Waals surface area (Å²) in [6, 6.07) is 14.7. The number of aliphatic imine (C=N–C) groups is 1. The first-order valence-corrected chi connectivity index (χ1v) is 11.0. The zero-order chi connectivity index (χ0) is 20.6. The molecule has 1 aromatic carbocycles. The fourth-order valence-electron chi connectivity index (χ4n) is 3.54. The van der Waals surface area contributed by atoms with Gasteiger partial charge in [-0.2, -0.15) is 0 Å². The molecular formula is C21H28IN7OS. The number of rotatable bonds is 7. The first-order chi connectivity index (χ1) is 14.8. The van der Waals surface area contributed by atoms with E-state index in [0.717, 1.165) is 50.3 Å². The van der Waals surface area contributed by atoms with E-state index >= 15 is 0 Å². The third-order valence-corrected chi connectivity index (χ3v) is 6.08. The van der Waals surface area contributed by atoms with Gasteiger partial charge in [-0.05, 0) is 23.6 Å². The van der Waals surface area contributed by atoms with Gasteiger partial charge in [0.25, 0.3) is 0 Å². The van der Waals surface area contributed by atoms with Crippen LogP contribution < -0.4 is 10.6 Å². The summed E-state index contributed by atoms with van der Waals surface area (Å²) in [5.41, 5.74) is 1.03. The van der Waals surface area contributed by atoms with E-state index < -0.39 is 0 Å². The minimum absolute atomic E-state index is 0. The maximum Gasteiger partial charge on any atom is 0.191 e. The van der Waals surface area contributed by atoms with Crippen molar-refractivity contribution in [3.63, 3.8) is 0 Å². The number of nitrogens with one attached hydrogen (secondary N) is 2. The van der Waals surface area contributed by atoms with Crippen molar-refractivity contribution < 1.29 is 4.74 Å². The average Bonchev–Trinajstić information content (AvgIpc) is 3.50. The third kappa shape index (κ3) is 6.25. The molecule has 0 spiro atoms. The third-order valence-electron chi connectivity index (χ3n) is 5.11. The van der Waals surface area contributed by atoms with Crippen molar-refractivity contribution in [3.05, 3.63) is 64.9 Å². The van der Waals surface area contributed by atoms with Crippen LogP contribution >= 0.6 is 35.3 Å². The molecule has 0 aliphatic carbocycles. The molecule has 1 unspecified atom stereocenters. The molecule has 0 saturated carbocycles. The number of hydrogen-bond acceptors (Lipinski definition) is 6. The van der Waals surface area contributed by atoms with Crippen LogP contribution in [0, 0.1) is 0 Å². The van der Waals surface area contributed by atoms with Gasteiger partial charge in [-0.3, -0.25) is 14.5 Å². The molecule has 2 aromatic heterocycles. The van der Waals surface area contributed by atoms with Crippen LogP contribution in [0.25, 0.3) is 5.69 Å². The zero-order valence-corrected chi connectivity index (χ0v) is 20.6. The summed E-state index contributed by atoms with van der Waals surface area (Å²) in [5, 5.41) is 17.3. The molecule has 3 aromatic rings. The van der Waals surface area contributed by atoms with E-state index in [2.05, 4.69) is 48.2 Å². The predicted molar refractivity (Wildman–Crippen MR) is 134 cm³/mol. The van der Waals surface area contributed by atoms with E-state index in [1.54, 1.807) is 24.7 Å². The standard InChI is InChI=1S/C21H27N7OS.HI/c1-22-21(24-15-20-26-25-16-28(20)17-6-3-2-4-7-17)23-14-18(19-8-5-13-30-19)27-9-11-29-12-10-27;/h2-8,13,16,18H,9-12,14-15H2,1H3,(H2,22,23,24);1H. The van der Waals surface area contributed by atoms with Gasteiger partial charge in [-0.1, -0.05) is 24.3 Å². The highest BCUT2D eigenvalue weighted by atomic mass is 127. The summed E-state index contributed by atoms with van der Waals surface area (Å²) in [6.07, 6.45) is 1.73. The monoisotopic (exact) mass is 553 g/mol. The minimum atomic E-state index is 0. The summed E-state index contributed by atoms with van der Waals surface area (Å²) >= 11 is 1.79. The lowest BCUT2D eigenvalue weighted by atomic mass is 10.2. The molecule has 8 nitrogen and oxygen atoms in total. The molecule has 1 saturated heterocycles. The minimum Gasteiger partial charge on any atom is -0.379 e. The largest absolute Gasteiger partial charge is 0.379 e. The molecular weight excluding hydrogens is 525 g/mol. The second kappa shape index (κ2) is 12.1. The Balaban J connectivity index is 0.00000272. The van der Waals surface area contributed by atoms with Crippen molar-refractivity contribution in [1.29, 1.82) is 0 Å². The first-order valence-electron chi connectivity index (χ1n) is 10.1. The maximum atomic E-state index is 5.53. The highest BCUT2D eigenvalue weighted by Crippen LogP contribution is 2.25. The van der Waals surface area contributed by atoms with Crippen LogP contribution in [0.5, 0.6) is 0 Å². The van der Waals surface area contributed by atoms with E-state index in [4.69, 9.17) is 4.74 Å². The fraction of sp³-hybridized carbons (Fsp3) is 0.381. The topological polar surface area (TPSA) is 79.6 Å². The highest BCUT2D eigenvalue weighted by molar-refractivity contribution is 14.0. The van der Waals surface area contributed by atoms with Crippen LogP contribution in [0.3, 0.4) is 0 Å². The second-order valence-corrected chi connectivity index (χ2v) is 7.92. The number of para-hydroxylation sites is 1.